The molecule has 15 heteroatoms. The summed E-state index contributed by atoms with van der Waals surface area (Å²) in [5, 5.41) is 30.8. The van der Waals surface area contributed by atoms with Crippen LogP contribution in [0.2, 0.25) is 0 Å². The lowest BCUT2D eigenvalue weighted by atomic mass is 9.94. The quantitative estimate of drug-likeness (QED) is 0.0276. The van der Waals surface area contributed by atoms with Gasteiger partial charge in [-0.2, -0.15) is 0 Å². The summed E-state index contributed by atoms with van der Waals surface area (Å²) in [5.41, 5.74) is 0. The minimum Gasteiger partial charge on any atom is -0.481 e. The molecule has 0 unspecified atom stereocenters. The van der Waals surface area contributed by atoms with Crippen LogP contribution in [0.5, 0.6) is 0 Å². The molecule has 9 nitrogen and oxygen atoms in total. The molecule has 2 atom stereocenters. The number of unbranched alkanes of at least 4 members (excludes halogenated alkanes) is 18. The number of nitrogens with one attached hydrogen (secondary N) is 1. The van der Waals surface area contributed by atoms with Crippen LogP contribution in [0.25, 0.3) is 0 Å². The molecule has 4 N–H and O–H groups in total. The lowest BCUT2D eigenvalue weighted by Crippen LogP contribution is -2.27. The molecule has 0 bridgehead atoms. The Morgan fingerprint density at radius 1 is 0.549 bits per heavy atom. The van der Waals surface area contributed by atoms with Gasteiger partial charge in [0, 0.05) is 33.7 Å². The summed E-state index contributed by atoms with van der Waals surface area (Å²) in [5.74, 6) is -4.06. The van der Waals surface area contributed by atoms with Crippen molar-refractivity contribution in [2.75, 3.05) is 6.54 Å². The third-order valence-corrected chi connectivity index (χ3v) is 23.1. The Hall–Kier alpha value is -0.350. The topological polar surface area (TPSA) is 158 Å². The lowest BCUT2D eigenvalue weighted by Gasteiger charge is -2.27. The van der Waals surface area contributed by atoms with Crippen LogP contribution < -0.4 is 5.32 Å². The zero-order chi connectivity index (χ0) is 37.2. The molecule has 0 aromatic heterocycles. The van der Waals surface area contributed by atoms with Gasteiger partial charge >= 0.3 is 17.9 Å². The Bertz CT molecular complexity index is 1030. The Kier molecular flexibility index (Phi) is 26.6. The first-order chi connectivity index (χ1) is 24.6. The van der Waals surface area contributed by atoms with Gasteiger partial charge in [-0.05, 0) is 53.7 Å². The van der Waals surface area contributed by atoms with E-state index in [1.54, 1.807) is 43.2 Å². The fraction of sp³-hybridized carbons (Fsp3) is 0.861. The molecule has 2 saturated heterocycles. The number of carbonyl (C=O) groups excluding carboxylic acids is 2. The first-order valence-electron chi connectivity index (χ1n) is 19.1. The fourth-order valence-electron chi connectivity index (χ4n) is 6.07. The van der Waals surface area contributed by atoms with Crippen molar-refractivity contribution in [1.29, 1.82) is 0 Å². The van der Waals surface area contributed by atoms with Gasteiger partial charge < -0.3 is 20.6 Å². The van der Waals surface area contributed by atoms with Crippen molar-refractivity contribution in [3.05, 3.63) is 0 Å². The highest BCUT2D eigenvalue weighted by Crippen LogP contribution is 2.84. The van der Waals surface area contributed by atoms with Gasteiger partial charge in [0.25, 0.3) is 0 Å². The van der Waals surface area contributed by atoms with Gasteiger partial charge in [0.1, 0.15) is 5.78 Å². The van der Waals surface area contributed by atoms with Crippen molar-refractivity contribution in [3.63, 3.8) is 0 Å². The highest BCUT2D eigenvalue weighted by molar-refractivity contribution is 9.14. The van der Waals surface area contributed by atoms with Crippen molar-refractivity contribution >= 4 is 94.4 Å². The summed E-state index contributed by atoms with van der Waals surface area (Å²) < 4.78 is 0.143. The van der Waals surface area contributed by atoms with Crippen LogP contribution in [0.15, 0.2) is 0 Å². The second kappa shape index (κ2) is 29.0. The molecule has 2 fully saturated rings. The number of ketones is 1. The largest absolute Gasteiger partial charge is 0.481 e. The fourth-order valence-corrected chi connectivity index (χ4v) is 19.9. The van der Waals surface area contributed by atoms with Crippen molar-refractivity contribution in [2.45, 2.75) is 174 Å². The van der Waals surface area contributed by atoms with Gasteiger partial charge in [-0.25, -0.2) is 0 Å². The summed E-state index contributed by atoms with van der Waals surface area (Å²) in [6.45, 7) is 0.426. The minimum absolute atomic E-state index is 0. The average Bonchev–Trinajstić information content (AvgIpc) is 3.85. The number of hydrogen-bond acceptors (Lipinski definition) is 11. The molecule has 0 aromatic carbocycles. The van der Waals surface area contributed by atoms with E-state index in [-0.39, 0.29) is 39.7 Å². The number of amides is 1. The molecule has 0 aromatic rings. The monoisotopic (exact) mass is 829 g/mol. The van der Waals surface area contributed by atoms with Crippen LogP contribution in [0, 0.1) is 11.8 Å². The Morgan fingerprint density at radius 3 is 1.45 bits per heavy atom. The predicted molar refractivity (Wildman–Crippen MR) is 222 cm³/mol. The maximum Gasteiger partial charge on any atom is 0.308 e. The van der Waals surface area contributed by atoms with Crippen molar-refractivity contribution in [3.8, 4) is 0 Å². The highest BCUT2D eigenvalue weighted by atomic mass is 33.2. The zero-order valence-electron chi connectivity index (χ0n) is 30.2. The lowest BCUT2D eigenvalue weighted by molar-refractivity contribution is -0.144. The number of carboxylic acids is 3. The van der Waals surface area contributed by atoms with E-state index in [4.69, 9.17) is 5.11 Å². The van der Waals surface area contributed by atoms with Crippen LogP contribution in [0.3, 0.4) is 0 Å². The van der Waals surface area contributed by atoms with Gasteiger partial charge in [0.2, 0.25) is 5.91 Å². The first-order valence-corrected chi connectivity index (χ1v) is 25.7. The zero-order valence-corrected chi connectivity index (χ0v) is 35.1. The van der Waals surface area contributed by atoms with E-state index in [0.29, 0.717) is 38.6 Å². The summed E-state index contributed by atoms with van der Waals surface area (Å²) in [6, 6.07) is 0. The number of carboxylic acid groups (broad SMARTS) is 3. The summed E-state index contributed by atoms with van der Waals surface area (Å²) >= 11 is 0. The van der Waals surface area contributed by atoms with E-state index >= 15 is 0 Å². The second-order valence-corrected chi connectivity index (χ2v) is 23.3. The number of Topliss-reactive ketones (excluding diaryl/α,β-unsaturated/α-hetero) is 1. The molecule has 2 aliphatic rings. The molecule has 51 heavy (non-hydrogen) atoms. The second-order valence-electron chi connectivity index (χ2n) is 13.8. The van der Waals surface area contributed by atoms with E-state index in [1.807, 2.05) is 21.6 Å². The SMILES string of the molecule is O=C(O)CCCCCCCCCCCCCCCCCCCCC(=O)C[C@@H](CCC(=O)NCCCC[C@@H](C(=O)O)C1SSC2(SS1)SS2)C(=O)O.[HH]. The van der Waals surface area contributed by atoms with Gasteiger partial charge in [0.15, 0.2) is 2.74 Å². The van der Waals surface area contributed by atoms with Crippen molar-refractivity contribution < 1.29 is 40.7 Å². The summed E-state index contributed by atoms with van der Waals surface area (Å²) in [6.07, 6.45) is 23.9. The molecule has 0 saturated carbocycles. The maximum absolute atomic E-state index is 12.5. The first kappa shape index (κ1) is 46.8. The highest BCUT2D eigenvalue weighted by Gasteiger charge is 2.53. The molecule has 0 radical (unpaired) electrons. The average molecular weight is 830 g/mol. The molecular weight excluding hydrogens is 767 g/mol. The number of carbonyl (C=O) groups is 5. The number of hydrogen-bond donors (Lipinski definition) is 4. The van der Waals surface area contributed by atoms with E-state index < -0.39 is 29.7 Å². The van der Waals surface area contributed by atoms with Crippen LogP contribution in [0.1, 0.15) is 168 Å². The van der Waals surface area contributed by atoms with E-state index in [1.165, 1.54) is 77.0 Å². The van der Waals surface area contributed by atoms with Gasteiger partial charge in [-0.3, -0.25) is 24.0 Å². The van der Waals surface area contributed by atoms with Gasteiger partial charge in [-0.15, -0.1) is 0 Å². The van der Waals surface area contributed by atoms with Crippen LogP contribution in [0.4, 0.5) is 0 Å². The van der Waals surface area contributed by atoms with Crippen molar-refractivity contribution in [2.24, 2.45) is 11.8 Å². The van der Waals surface area contributed by atoms with E-state index in [2.05, 4.69) is 5.32 Å². The summed E-state index contributed by atoms with van der Waals surface area (Å²) in [4.78, 5) is 58.9. The molecule has 1 amide bonds. The molecular formula is C36H63NO8S6. The molecule has 2 rings (SSSR count). The normalized spacial score (nSPS) is 16.5. The van der Waals surface area contributed by atoms with Crippen molar-refractivity contribution in [1.82, 2.24) is 5.32 Å². The predicted octanol–water partition coefficient (Wildman–Crippen LogP) is 11.7. The molecule has 296 valence electrons. The third kappa shape index (κ3) is 23.9. The molecule has 1 spiro atoms. The smallest absolute Gasteiger partial charge is 0.308 e. The Balaban J connectivity index is 0.0000135. The Labute approximate surface area is 331 Å². The summed E-state index contributed by atoms with van der Waals surface area (Å²) in [7, 11) is 10.5. The Morgan fingerprint density at radius 2 is 1.02 bits per heavy atom. The van der Waals surface area contributed by atoms with Crippen LogP contribution in [-0.4, -0.2) is 58.8 Å². The van der Waals surface area contributed by atoms with Gasteiger partial charge in [0.05, 0.1) is 16.4 Å². The number of rotatable bonds is 34. The molecule has 0 aliphatic carbocycles. The van der Waals surface area contributed by atoms with Crippen LogP contribution >= 0.6 is 64.8 Å². The van der Waals surface area contributed by atoms with E-state index in [0.717, 1.165) is 38.5 Å². The number of aliphatic carboxylic acids is 3. The standard InChI is InChI=1S/C36H61NO8S6.H2/c38-29(21-17-15-13-11-9-7-5-3-1-2-4-6-8-10-12-14-16-18-23-32(40)41)27-28(33(42)43)24-25-31(39)37-26-20-19-22-30(34(44)45)35-46-48-36(49-47-35)50-51-36;/h28,30,35H,1-27H2,(H,37,39)(H,40,41)(H,42,43)(H,44,45);1H/t28-,30+;/m1./s1. The van der Waals surface area contributed by atoms with E-state index in [9.17, 15) is 34.2 Å². The molecule has 2 aliphatic heterocycles. The maximum atomic E-state index is 12.5. The van der Waals surface area contributed by atoms with Gasteiger partial charge in [-0.1, -0.05) is 152 Å². The van der Waals surface area contributed by atoms with Crippen LogP contribution in [-0.2, 0) is 24.0 Å². The molecule has 2 heterocycles. The minimum atomic E-state index is -1.03. The third-order valence-electron chi connectivity index (χ3n) is 9.26.